The molecule has 0 spiro atoms. The number of hydrogen-bond acceptors (Lipinski definition) is 4. The highest BCUT2D eigenvalue weighted by molar-refractivity contribution is 5.96. The highest BCUT2D eigenvalue weighted by Gasteiger charge is 2.08. The summed E-state index contributed by atoms with van der Waals surface area (Å²) in [6, 6.07) is 7.25. The maximum absolute atomic E-state index is 11.4. The molecule has 0 radical (unpaired) electrons. The second kappa shape index (κ2) is 7.84. The van der Waals surface area contributed by atoms with Crippen molar-refractivity contribution in [1.29, 1.82) is 0 Å². The molecule has 0 amide bonds. The lowest BCUT2D eigenvalue weighted by molar-refractivity contribution is 0.101. The van der Waals surface area contributed by atoms with Crippen LogP contribution >= 0.6 is 0 Å². The fourth-order valence-corrected chi connectivity index (χ4v) is 1.74. The van der Waals surface area contributed by atoms with Crippen molar-refractivity contribution in [1.82, 2.24) is 4.90 Å². The minimum atomic E-state index is 0.00769. The lowest BCUT2D eigenvalue weighted by Crippen LogP contribution is -2.31. The van der Waals surface area contributed by atoms with Gasteiger partial charge in [-0.1, -0.05) is 19.1 Å². The van der Waals surface area contributed by atoms with Gasteiger partial charge in [-0.25, -0.2) is 0 Å². The molecule has 0 aliphatic carbocycles. The monoisotopic (exact) mass is 251 g/mol. The van der Waals surface area contributed by atoms with Crippen LogP contribution in [0.3, 0.4) is 0 Å². The van der Waals surface area contributed by atoms with Crippen LogP contribution in [-0.2, 0) is 0 Å². The molecular weight excluding hydrogens is 230 g/mol. The van der Waals surface area contributed by atoms with Gasteiger partial charge < -0.3 is 9.84 Å². The molecule has 0 aliphatic heterocycles. The first-order valence-electron chi connectivity index (χ1n) is 6.25. The Labute approximate surface area is 108 Å². The molecule has 18 heavy (non-hydrogen) atoms. The van der Waals surface area contributed by atoms with Gasteiger partial charge >= 0.3 is 0 Å². The van der Waals surface area contributed by atoms with E-state index in [1.54, 1.807) is 12.1 Å². The summed E-state index contributed by atoms with van der Waals surface area (Å²) in [4.78, 5) is 13.5. The molecule has 0 bridgehead atoms. The first kappa shape index (κ1) is 14.7. The first-order chi connectivity index (χ1) is 8.69. The highest BCUT2D eigenvalue weighted by atomic mass is 16.5. The van der Waals surface area contributed by atoms with E-state index in [4.69, 9.17) is 9.84 Å². The normalized spacial score (nSPS) is 10.7. The summed E-state index contributed by atoms with van der Waals surface area (Å²) in [5.74, 6) is 0.637. The second-order valence-electron chi connectivity index (χ2n) is 4.06. The van der Waals surface area contributed by atoms with E-state index in [1.807, 2.05) is 19.1 Å². The number of hydrogen-bond donors (Lipinski definition) is 1. The number of likely N-dealkylation sites (N-methyl/N-ethyl adjacent to an activating group) is 1. The van der Waals surface area contributed by atoms with Crippen LogP contribution in [-0.4, -0.2) is 48.6 Å². The van der Waals surface area contributed by atoms with Gasteiger partial charge in [0, 0.05) is 13.1 Å². The Morgan fingerprint density at radius 3 is 2.67 bits per heavy atom. The smallest absolute Gasteiger partial charge is 0.163 e. The molecule has 0 aliphatic rings. The van der Waals surface area contributed by atoms with E-state index in [1.165, 1.54) is 6.92 Å². The molecule has 0 aromatic heterocycles. The highest BCUT2D eigenvalue weighted by Crippen LogP contribution is 2.18. The van der Waals surface area contributed by atoms with Gasteiger partial charge in [-0.2, -0.15) is 0 Å². The molecule has 4 nitrogen and oxygen atoms in total. The predicted octanol–water partition coefficient (Wildman–Crippen LogP) is 1.58. The van der Waals surface area contributed by atoms with E-state index < -0.39 is 0 Å². The molecule has 1 N–H and O–H groups in total. The van der Waals surface area contributed by atoms with Crippen molar-refractivity contribution in [3.8, 4) is 5.75 Å². The Morgan fingerprint density at radius 2 is 2.06 bits per heavy atom. The van der Waals surface area contributed by atoms with E-state index >= 15 is 0 Å². The molecule has 0 saturated carbocycles. The molecule has 1 aromatic rings. The van der Waals surface area contributed by atoms with Gasteiger partial charge in [0.05, 0.1) is 12.2 Å². The Balaban J connectivity index is 2.50. The van der Waals surface area contributed by atoms with Crippen molar-refractivity contribution >= 4 is 5.78 Å². The summed E-state index contributed by atoms with van der Waals surface area (Å²) >= 11 is 0. The molecule has 100 valence electrons. The van der Waals surface area contributed by atoms with Crippen LogP contribution in [0.5, 0.6) is 5.75 Å². The fourth-order valence-electron chi connectivity index (χ4n) is 1.74. The summed E-state index contributed by atoms with van der Waals surface area (Å²) in [5.41, 5.74) is 0.614. The third-order valence-corrected chi connectivity index (χ3v) is 2.79. The summed E-state index contributed by atoms with van der Waals surface area (Å²) < 4.78 is 5.63. The van der Waals surface area contributed by atoms with Gasteiger partial charge in [0.2, 0.25) is 0 Å². The van der Waals surface area contributed by atoms with Crippen LogP contribution in [0.25, 0.3) is 0 Å². The largest absolute Gasteiger partial charge is 0.491 e. The van der Waals surface area contributed by atoms with Crippen molar-refractivity contribution in [2.75, 3.05) is 32.8 Å². The average molecular weight is 251 g/mol. The van der Waals surface area contributed by atoms with E-state index in [0.717, 1.165) is 13.1 Å². The van der Waals surface area contributed by atoms with Crippen LogP contribution in [0, 0.1) is 0 Å². The number of para-hydroxylation sites is 1. The van der Waals surface area contributed by atoms with Crippen LogP contribution in [0.2, 0.25) is 0 Å². The summed E-state index contributed by atoms with van der Waals surface area (Å²) in [7, 11) is 0. The Hall–Kier alpha value is -1.39. The first-order valence-corrected chi connectivity index (χ1v) is 6.25. The molecule has 0 heterocycles. The molecule has 4 heteroatoms. The molecular formula is C14H21NO3. The molecule has 1 aromatic carbocycles. The minimum absolute atomic E-state index is 0.00769. The van der Waals surface area contributed by atoms with E-state index in [2.05, 4.69) is 4.90 Å². The zero-order valence-corrected chi connectivity index (χ0v) is 11.1. The number of nitrogens with zero attached hydrogens (tertiary/aromatic N) is 1. The standard InChI is InChI=1S/C14H21NO3/c1-3-15(8-10-16)9-11-18-14-7-5-4-6-13(14)12(2)17/h4-7,16H,3,8-11H2,1-2H3. The van der Waals surface area contributed by atoms with Crippen LogP contribution < -0.4 is 4.74 Å². The number of carbonyl (C=O) groups excluding carboxylic acids is 1. The van der Waals surface area contributed by atoms with Crippen LogP contribution in [0.15, 0.2) is 24.3 Å². The van der Waals surface area contributed by atoms with Crippen molar-refractivity contribution in [3.05, 3.63) is 29.8 Å². The number of rotatable bonds is 8. The Bertz CT molecular complexity index is 379. The SMILES string of the molecule is CCN(CCO)CCOc1ccccc1C(C)=O. The minimum Gasteiger partial charge on any atom is -0.491 e. The van der Waals surface area contributed by atoms with Crippen LogP contribution in [0.1, 0.15) is 24.2 Å². The van der Waals surface area contributed by atoms with Crippen molar-refractivity contribution in [2.45, 2.75) is 13.8 Å². The number of aliphatic hydroxyl groups excluding tert-OH is 1. The lowest BCUT2D eigenvalue weighted by atomic mass is 10.1. The van der Waals surface area contributed by atoms with E-state index in [0.29, 0.717) is 24.5 Å². The quantitative estimate of drug-likeness (QED) is 0.713. The number of ketones is 1. The zero-order valence-electron chi connectivity index (χ0n) is 11.1. The Kier molecular flexibility index (Phi) is 6.39. The number of Topliss-reactive ketones (excluding diaryl/α,β-unsaturated/α-hetero) is 1. The summed E-state index contributed by atoms with van der Waals surface area (Å²) in [6.07, 6.45) is 0. The van der Waals surface area contributed by atoms with Gasteiger partial charge in [-0.3, -0.25) is 9.69 Å². The third kappa shape index (κ3) is 4.47. The fraction of sp³-hybridized carbons (Fsp3) is 0.500. The summed E-state index contributed by atoms with van der Waals surface area (Å²) in [6.45, 7) is 6.50. The number of aliphatic hydroxyl groups is 1. The summed E-state index contributed by atoms with van der Waals surface area (Å²) in [5, 5.41) is 8.87. The number of ether oxygens (including phenoxy) is 1. The second-order valence-corrected chi connectivity index (χ2v) is 4.06. The van der Waals surface area contributed by atoms with E-state index in [-0.39, 0.29) is 12.4 Å². The third-order valence-electron chi connectivity index (χ3n) is 2.79. The molecule has 0 unspecified atom stereocenters. The van der Waals surface area contributed by atoms with Gasteiger partial charge in [-0.15, -0.1) is 0 Å². The zero-order chi connectivity index (χ0) is 13.4. The molecule has 0 saturated heterocycles. The van der Waals surface area contributed by atoms with Gasteiger partial charge in [0.15, 0.2) is 5.78 Å². The molecule has 0 fully saturated rings. The topological polar surface area (TPSA) is 49.8 Å². The number of carbonyl (C=O) groups is 1. The number of benzene rings is 1. The van der Waals surface area contributed by atoms with Crippen LogP contribution in [0.4, 0.5) is 0 Å². The lowest BCUT2D eigenvalue weighted by Gasteiger charge is -2.19. The maximum atomic E-state index is 11.4. The Morgan fingerprint density at radius 1 is 1.33 bits per heavy atom. The molecule has 0 atom stereocenters. The average Bonchev–Trinajstić information content (AvgIpc) is 2.38. The van der Waals surface area contributed by atoms with Gasteiger partial charge in [-0.05, 0) is 25.6 Å². The van der Waals surface area contributed by atoms with Crippen molar-refractivity contribution in [2.24, 2.45) is 0 Å². The maximum Gasteiger partial charge on any atom is 0.163 e. The van der Waals surface area contributed by atoms with Gasteiger partial charge in [0.1, 0.15) is 12.4 Å². The van der Waals surface area contributed by atoms with Crippen molar-refractivity contribution < 1.29 is 14.6 Å². The molecule has 1 rings (SSSR count). The van der Waals surface area contributed by atoms with E-state index in [9.17, 15) is 4.79 Å². The van der Waals surface area contributed by atoms with Gasteiger partial charge in [0.25, 0.3) is 0 Å². The predicted molar refractivity (Wildman–Crippen MR) is 71.1 cm³/mol. The van der Waals surface area contributed by atoms with Crippen molar-refractivity contribution in [3.63, 3.8) is 0 Å².